The summed E-state index contributed by atoms with van der Waals surface area (Å²) in [6.07, 6.45) is 0.955. The van der Waals surface area contributed by atoms with Gasteiger partial charge >= 0.3 is 5.97 Å². The number of hydrogen-bond acceptors (Lipinski definition) is 7. The van der Waals surface area contributed by atoms with Crippen LogP contribution in [-0.2, 0) is 22.6 Å². The SMILES string of the molecule is CCc1ccc(-c2noc(COC(=O)COc3ccc(C(C)=O)cc3)n2)cc1. The smallest absolute Gasteiger partial charge is 0.344 e. The van der Waals surface area contributed by atoms with Crippen molar-refractivity contribution in [3.05, 3.63) is 65.5 Å². The van der Waals surface area contributed by atoms with Crippen molar-refractivity contribution in [2.75, 3.05) is 6.61 Å². The molecule has 2 aromatic carbocycles. The molecular formula is C21H20N2O5. The zero-order valence-electron chi connectivity index (χ0n) is 15.7. The number of aryl methyl sites for hydroxylation is 1. The third kappa shape index (κ3) is 5.03. The molecular weight excluding hydrogens is 360 g/mol. The van der Waals surface area contributed by atoms with E-state index in [1.807, 2.05) is 24.3 Å². The lowest BCUT2D eigenvalue weighted by Gasteiger charge is -2.06. The summed E-state index contributed by atoms with van der Waals surface area (Å²) in [6.45, 7) is 3.17. The molecule has 0 amide bonds. The number of esters is 1. The highest BCUT2D eigenvalue weighted by Crippen LogP contribution is 2.17. The number of aromatic nitrogens is 2. The van der Waals surface area contributed by atoms with Crippen LogP contribution in [0, 0.1) is 0 Å². The van der Waals surface area contributed by atoms with E-state index in [4.69, 9.17) is 14.0 Å². The Hall–Kier alpha value is -3.48. The summed E-state index contributed by atoms with van der Waals surface area (Å²) in [5, 5.41) is 3.90. The quantitative estimate of drug-likeness (QED) is 0.435. The Balaban J connectivity index is 1.48. The average molecular weight is 380 g/mol. The number of nitrogens with zero attached hydrogens (tertiary/aromatic N) is 2. The van der Waals surface area contributed by atoms with Gasteiger partial charge in [0.15, 0.2) is 19.0 Å². The van der Waals surface area contributed by atoms with E-state index >= 15 is 0 Å². The van der Waals surface area contributed by atoms with E-state index in [0.717, 1.165) is 12.0 Å². The predicted molar refractivity (Wildman–Crippen MR) is 101 cm³/mol. The van der Waals surface area contributed by atoms with Crippen LogP contribution in [0.2, 0.25) is 0 Å². The Bertz CT molecular complexity index is 946. The third-order valence-electron chi connectivity index (χ3n) is 4.06. The summed E-state index contributed by atoms with van der Waals surface area (Å²) < 4.78 is 15.5. The second kappa shape index (κ2) is 8.94. The standard InChI is InChI=1S/C21H20N2O5/c1-3-15-4-6-17(7-5-15)21-22-19(28-23-21)12-27-20(25)13-26-18-10-8-16(9-11-18)14(2)24/h4-11H,3,12-13H2,1-2H3. The van der Waals surface area contributed by atoms with Crippen LogP contribution in [-0.4, -0.2) is 28.5 Å². The van der Waals surface area contributed by atoms with Crippen LogP contribution < -0.4 is 4.74 Å². The molecule has 7 nitrogen and oxygen atoms in total. The number of carbonyl (C=O) groups is 2. The van der Waals surface area contributed by atoms with Crippen LogP contribution in [0.15, 0.2) is 53.1 Å². The number of rotatable bonds is 8. The minimum Gasteiger partial charge on any atom is -0.482 e. The van der Waals surface area contributed by atoms with Gasteiger partial charge in [0.2, 0.25) is 5.82 Å². The van der Waals surface area contributed by atoms with Gasteiger partial charge in [-0.15, -0.1) is 0 Å². The van der Waals surface area contributed by atoms with Gasteiger partial charge in [-0.2, -0.15) is 4.98 Å². The Morgan fingerprint density at radius 1 is 1.04 bits per heavy atom. The molecule has 0 unspecified atom stereocenters. The minimum absolute atomic E-state index is 0.0359. The van der Waals surface area contributed by atoms with Crippen LogP contribution in [0.3, 0.4) is 0 Å². The van der Waals surface area contributed by atoms with Crippen LogP contribution in [0.1, 0.15) is 35.7 Å². The van der Waals surface area contributed by atoms with Gasteiger partial charge in [0.25, 0.3) is 5.89 Å². The normalized spacial score (nSPS) is 10.5. The zero-order chi connectivity index (χ0) is 19.9. The van der Waals surface area contributed by atoms with E-state index in [9.17, 15) is 9.59 Å². The van der Waals surface area contributed by atoms with Crippen molar-refractivity contribution in [3.63, 3.8) is 0 Å². The lowest BCUT2D eigenvalue weighted by Crippen LogP contribution is -2.14. The van der Waals surface area contributed by atoms with Crippen LogP contribution in [0.25, 0.3) is 11.4 Å². The first-order chi connectivity index (χ1) is 13.5. The molecule has 0 aliphatic carbocycles. The molecule has 0 saturated carbocycles. The molecule has 0 aliphatic rings. The molecule has 0 N–H and O–H groups in total. The molecule has 7 heteroatoms. The van der Waals surface area contributed by atoms with Gasteiger partial charge in [-0.05, 0) is 43.2 Å². The number of Topliss-reactive ketones (excluding diaryl/α,β-unsaturated/α-hetero) is 1. The maximum Gasteiger partial charge on any atom is 0.344 e. The highest BCUT2D eigenvalue weighted by Gasteiger charge is 2.12. The van der Waals surface area contributed by atoms with E-state index in [1.54, 1.807) is 24.3 Å². The highest BCUT2D eigenvalue weighted by molar-refractivity contribution is 5.94. The molecule has 0 bridgehead atoms. The fourth-order valence-electron chi connectivity index (χ4n) is 2.43. The van der Waals surface area contributed by atoms with Crippen molar-refractivity contribution in [3.8, 4) is 17.1 Å². The van der Waals surface area contributed by atoms with Gasteiger partial charge in [0.1, 0.15) is 5.75 Å². The molecule has 28 heavy (non-hydrogen) atoms. The first kappa shape index (κ1) is 19.3. The molecule has 1 heterocycles. The van der Waals surface area contributed by atoms with Crippen LogP contribution in [0.5, 0.6) is 5.75 Å². The van der Waals surface area contributed by atoms with E-state index in [0.29, 0.717) is 17.1 Å². The Morgan fingerprint density at radius 2 is 1.75 bits per heavy atom. The molecule has 0 aliphatic heterocycles. The molecule has 0 atom stereocenters. The van der Waals surface area contributed by atoms with Gasteiger partial charge < -0.3 is 14.0 Å². The molecule has 3 aromatic rings. The molecule has 0 spiro atoms. The predicted octanol–water partition coefficient (Wildman–Crippen LogP) is 3.62. The summed E-state index contributed by atoms with van der Waals surface area (Å²) in [5.74, 6) is 0.510. The average Bonchev–Trinajstić information content (AvgIpc) is 3.20. The summed E-state index contributed by atoms with van der Waals surface area (Å²) in [5.41, 5.74) is 2.62. The van der Waals surface area contributed by atoms with Crippen molar-refractivity contribution in [1.82, 2.24) is 10.1 Å². The number of ether oxygens (including phenoxy) is 2. The zero-order valence-corrected chi connectivity index (χ0v) is 15.7. The maximum absolute atomic E-state index is 11.8. The molecule has 0 radical (unpaired) electrons. The molecule has 144 valence electrons. The minimum atomic E-state index is -0.567. The molecule has 0 fully saturated rings. The summed E-state index contributed by atoms with van der Waals surface area (Å²) in [4.78, 5) is 27.3. The summed E-state index contributed by atoms with van der Waals surface area (Å²) in [7, 11) is 0. The van der Waals surface area contributed by atoms with E-state index in [2.05, 4.69) is 17.1 Å². The van der Waals surface area contributed by atoms with Crippen molar-refractivity contribution in [1.29, 1.82) is 0 Å². The Morgan fingerprint density at radius 3 is 2.39 bits per heavy atom. The monoisotopic (exact) mass is 380 g/mol. The number of hydrogen-bond donors (Lipinski definition) is 0. The van der Waals surface area contributed by atoms with E-state index in [-0.39, 0.29) is 24.9 Å². The maximum atomic E-state index is 11.8. The van der Waals surface area contributed by atoms with Crippen molar-refractivity contribution in [2.24, 2.45) is 0 Å². The first-order valence-corrected chi connectivity index (χ1v) is 8.86. The van der Waals surface area contributed by atoms with Gasteiger partial charge in [-0.3, -0.25) is 4.79 Å². The van der Waals surface area contributed by atoms with E-state index in [1.165, 1.54) is 12.5 Å². The van der Waals surface area contributed by atoms with Crippen LogP contribution in [0.4, 0.5) is 0 Å². The van der Waals surface area contributed by atoms with E-state index < -0.39 is 5.97 Å². The van der Waals surface area contributed by atoms with Gasteiger partial charge in [0.05, 0.1) is 0 Å². The second-order valence-corrected chi connectivity index (χ2v) is 6.09. The van der Waals surface area contributed by atoms with Crippen molar-refractivity contribution < 1.29 is 23.6 Å². The van der Waals surface area contributed by atoms with Gasteiger partial charge in [0, 0.05) is 11.1 Å². The Labute approximate surface area is 162 Å². The first-order valence-electron chi connectivity index (χ1n) is 8.86. The van der Waals surface area contributed by atoms with Crippen molar-refractivity contribution >= 4 is 11.8 Å². The topological polar surface area (TPSA) is 91.5 Å². The number of ketones is 1. The lowest BCUT2D eigenvalue weighted by molar-refractivity contribution is -0.148. The van der Waals surface area contributed by atoms with Crippen molar-refractivity contribution in [2.45, 2.75) is 26.9 Å². The number of carbonyl (C=O) groups excluding carboxylic acids is 2. The third-order valence-corrected chi connectivity index (χ3v) is 4.06. The summed E-state index contributed by atoms with van der Waals surface area (Å²) >= 11 is 0. The molecule has 0 saturated heterocycles. The fraction of sp³-hybridized carbons (Fsp3) is 0.238. The largest absolute Gasteiger partial charge is 0.482 e. The highest BCUT2D eigenvalue weighted by atomic mass is 16.6. The van der Waals surface area contributed by atoms with Gasteiger partial charge in [-0.1, -0.05) is 36.3 Å². The van der Waals surface area contributed by atoms with Gasteiger partial charge in [-0.25, -0.2) is 4.79 Å². The molecule has 3 rings (SSSR count). The lowest BCUT2D eigenvalue weighted by atomic mass is 10.1. The fourth-order valence-corrected chi connectivity index (χ4v) is 2.43. The Kier molecular flexibility index (Phi) is 6.16. The molecule has 1 aromatic heterocycles. The van der Waals surface area contributed by atoms with Crippen LogP contribution >= 0.6 is 0 Å². The summed E-state index contributed by atoms with van der Waals surface area (Å²) in [6, 6.07) is 14.4. The number of benzene rings is 2. The second-order valence-electron chi connectivity index (χ2n) is 6.09.